The third-order valence-corrected chi connectivity index (χ3v) is 4.52. The van der Waals surface area contributed by atoms with Gasteiger partial charge in [0.25, 0.3) is 0 Å². The van der Waals surface area contributed by atoms with E-state index < -0.39 is 0 Å². The molecule has 1 aliphatic rings. The van der Waals surface area contributed by atoms with Crippen molar-refractivity contribution in [2.75, 3.05) is 31.5 Å². The molecule has 1 aromatic rings. The van der Waals surface area contributed by atoms with Gasteiger partial charge in [-0.15, -0.1) is 0 Å². The van der Waals surface area contributed by atoms with Gasteiger partial charge in [0, 0.05) is 17.8 Å². The molecule has 1 fully saturated rings. The molecule has 0 bridgehead atoms. The Labute approximate surface area is 131 Å². The van der Waals surface area contributed by atoms with Crippen LogP contribution in [-0.2, 0) is 0 Å². The van der Waals surface area contributed by atoms with Gasteiger partial charge < -0.3 is 16.0 Å². The number of nitrogens with two attached hydrogens (primary N) is 1. The predicted octanol–water partition coefficient (Wildman–Crippen LogP) is 3.12. The van der Waals surface area contributed by atoms with E-state index in [0.717, 1.165) is 30.3 Å². The lowest BCUT2D eigenvalue weighted by Crippen LogP contribution is -2.35. The third kappa shape index (κ3) is 4.08. The van der Waals surface area contributed by atoms with Crippen LogP contribution < -0.4 is 11.1 Å². The normalized spacial score (nSPS) is 17.1. The van der Waals surface area contributed by atoms with Crippen molar-refractivity contribution in [2.24, 2.45) is 11.7 Å². The van der Waals surface area contributed by atoms with Crippen LogP contribution in [0.4, 0.5) is 5.69 Å². The fraction of sp³-hybridized carbons (Fsp3) is 0.533. The Morgan fingerprint density at radius 1 is 1.45 bits per heavy atom. The van der Waals surface area contributed by atoms with Gasteiger partial charge in [-0.3, -0.25) is 0 Å². The van der Waals surface area contributed by atoms with Crippen molar-refractivity contribution in [1.29, 1.82) is 0 Å². The molecule has 0 unspecified atom stereocenters. The van der Waals surface area contributed by atoms with Crippen LogP contribution >= 0.6 is 23.8 Å². The largest absolute Gasteiger partial charge is 0.389 e. The van der Waals surface area contributed by atoms with Crippen molar-refractivity contribution < 1.29 is 0 Å². The van der Waals surface area contributed by atoms with E-state index in [9.17, 15) is 0 Å². The van der Waals surface area contributed by atoms with E-state index in [2.05, 4.69) is 17.1 Å². The van der Waals surface area contributed by atoms with Crippen LogP contribution in [0.25, 0.3) is 0 Å². The van der Waals surface area contributed by atoms with E-state index in [4.69, 9.17) is 29.6 Å². The molecule has 0 atom stereocenters. The Kier molecular flexibility index (Phi) is 5.64. The lowest BCUT2D eigenvalue weighted by atomic mass is 9.97. The zero-order chi connectivity index (χ0) is 14.5. The highest BCUT2D eigenvalue weighted by atomic mass is 35.5. The molecule has 20 heavy (non-hydrogen) atoms. The fourth-order valence-electron chi connectivity index (χ4n) is 2.59. The number of nitrogens with one attached hydrogen (secondary N) is 1. The number of benzene rings is 1. The monoisotopic (exact) mass is 311 g/mol. The van der Waals surface area contributed by atoms with Gasteiger partial charge in [-0.2, -0.15) is 0 Å². The molecule has 3 nitrogen and oxygen atoms in total. The molecule has 3 N–H and O–H groups in total. The molecule has 2 rings (SSSR count). The van der Waals surface area contributed by atoms with E-state index in [-0.39, 0.29) is 0 Å². The molecule has 0 amide bonds. The van der Waals surface area contributed by atoms with Gasteiger partial charge in [0.2, 0.25) is 0 Å². The Morgan fingerprint density at radius 3 is 2.70 bits per heavy atom. The third-order valence-electron chi connectivity index (χ3n) is 3.98. The topological polar surface area (TPSA) is 41.3 Å². The van der Waals surface area contributed by atoms with Crippen molar-refractivity contribution in [1.82, 2.24) is 4.90 Å². The minimum absolute atomic E-state index is 0.341. The standard InChI is InChI=1S/C15H22ClN3S/c1-2-19-7-5-11(6-8-19)10-18-12-3-4-13(15(17)20)14(16)9-12/h3-4,9,11,18H,2,5-8,10H2,1H3,(H2,17,20). The highest BCUT2D eigenvalue weighted by Crippen LogP contribution is 2.22. The first-order valence-electron chi connectivity index (χ1n) is 7.15. The molecule has 0 saturated carbocycles. The summed E-state index contributed by atoms with van der Waals surface area (Å²) in [5.74, 6) is 0.742. The summed E-state index contributed by atoms with van der Waals surface area (Å²) in [5, 5.41) is 4.08. The van der Waals surface area contributed by atoms with Crippen molar-refractivity contribution in [3.05, 3.63) is 28.8 Å². The van der Waals surface area contributed by atoms with Gasteiger partial charge >= 0.3 is 0 Å². The number of halogens is 1. The molecule has 1 saturated heterocycles. The molecule has 5 heteroatoms. The van der Waals surface area contributed by atoms with Gasteiger partial charge in [0.05, 0.1) is 5.02 Å². The maximum absolute atomic E-state index is 6.17. The van der Waals surface area contributed by atoms with Gasteiger partial charge in [-0.25, -0.2) is 0 Å². The lowest BCUT2D eigenvalue weighted by molar-refractivity contribution is 0.198. The Morgan fingerprint density at radius 2 is 2.15 bits per heavy atom. The van der Waals surface area contributed by atoms with Crippen LogP contribution in [0.5, 0.6) is 0 Å². The van der Waals surface area contributed by atoms with Gasteiger partial charge in [-0.1, -0.05) is 30.7 Å². The fourth-order valence-corrected chi connectivity index (χ4v) is 3.11. The molecular weight excluding hydrogens is 290 g/mol. The Bertz CT molecular complexity index is 470. The number of rotatable bonds is 5. The second-order valence-electron chi connectivity index (χ2n) is 5.32. The molecule has 1 aliphatic heterocycles. The molecule has 0 aromatic heterocycles. The average Bonchev–Trinajstić information content (AvgIpc) is 2.45. The van der Waals surface area contributed by atoms with Crippen LogP contribution in [0.2, 0.25) is 5.02 Å². The quantitative estimate of drug-likeness (QED) is 0.820. The van der Waals surface area contributed by atoms with Crippen molar-refractivity contribution in [3.8, 4) is 0 Å². The zero-order valence-electron chi connectivity index (χ0n) is 11.9. The minimum Gasteiger partial charge on any atom is -0.389 e. The number of piperidine rings is 1. The summed E-state index contributed by atoms with van der Waals surface area (Å²) in [6.45, 7) is 6.81. The van der Waals surface area contributed by atoms with Gasteiger partial charge in [0.15, 0.2) is 0 Å². The minimum atomic E-state index is 0.341. The lowest BCUT2D eigenvalue weighted by Gasteiger charge is -2.31. The van der Waals surface area contributed by atoms with E-state index in [1.54, 1.807) is 0 Å². The summed E-state index contributed by atoms with van der Waals surface area (Å²) in [7, 11) is 0. The van der Waals surface area contributed by atoms with Crippen LogP contribution in [0.15, 0.2) is 18.2 Å². The Balaban J connectivity index is 1.85. The summed E-state index contributed by atoms with van der Waals surface area (Å²) in [6.07, 6.45) is 2.53. The smallest absolute Gasteiger partial charge is 0.105 e. The Hall–Kier alpha value is -0.840. The summed E-state index contributed by atoms with van der Waals surface area (Å²) >= 11 is 11.1. The van der Waals surface area contributed by atoms with Crippen molar-refractivity contribution in [2.45, 2.75) is 19.8 Å². The van der Waals surface area contributed by atoms with E-state index in [1.165, 1.54) is 25.9 Å². The highest BCUT2D eigenvalue weighted by molar-refractivity contribution is 7.80. The second-order valence-corrected chi connectivity index (χ2v) is 6.16. The van der Waals surface area contributed by atoms with Crippen LogP contribution in [0.1, 0.15) is 25.3 Å². The maximum atomic E-state index is 6.17. The summed E-state index contributed by atoms with van der Waals surface area (Å²) < 4.78 is 0. The first kappa shape index (κ1) is 15.5. The summed E-state index contributed by atoms with van der Waals surface area (Å²) in [6, 6.07) is 5.77. The molecule has 1 heterocycles. The van der Waals surface area contributed by atoms with Crippen molar-refractivity contribution >= 4 is 34.5 Å². The first-order chi connectivity index (χ1) is 9.60. The summed E-state index contributed by atoms with van der Waals surface area (Å²) in [4.78, 5) is 2.85. The number of hydrogen-bond donors (Lipinski definition) is 2. The van der Waals surface area contributed by atoms with E-state index in [0.29, 0.717) is 10.0 Å². The number of likely N-dealkylation sites (tertiary alicyclic amines) is 1. The molecule has 0 aliphatic carbocycles. The highest BCUT2D eigenvalue weighted by Gasteiger charge is 2.17. The van der Waals surface area contributed by atoms with Gasteiger partial charge in [-0.05, 0) is 56.6 Å². The number of nitrogens with zero attached hydrogens (tertiary/aromatic N) is 1. The maximum Gasteiger partial charge on any atom is 0.105 e. The first-order valence-corrected chi connectivity index (χ1v) is 7.94. The summed E-state index contributed by atoms with van der Waals surface area (Å²) in [5.41, 5.74) is 7.38. The SMILES string of the molecule is CCN1CCC(CNc2ccc(C(N)=S)c(Cl)c2)CC1. The van der Waals surface area contributed by atoms with E-state index in [1.807, 2.05) is 18.2 Å². The molecule has 0 radical (unpaired) electrons. The molecule has 110 valence electrons. The van der Waals surface area contributed by atoms with Gasteiger partial charge in [0.1, 0.15) is 4.99 Å². The van der Waals surface area contributed by atoms with Crippen LogP contribution in [0.3, 0.4) is 0 Å². The molecule has 1 aromatic carbocycles. The molecule has 0 spiro atoms. The number of anilines is 1. The van der Waals surface area contributed by atoms with E-state index >= 15 is 0 Å². The number of hydrogen-bond acceptors (Lipinski definition) is 3. The average molecular weight is 312 g/mol. The zero-order valence-corrected chi connectivity index (χ0v) is 13.4. The number of thiocarbonyl (C=S) groups is 1. The van der Waals surface area contributed by atoms with Crippen LogP contribution in [0, 0.1) is 5.92 Å². The molecular formula is C15H22ClN3S. The van der Waals surface area contributed by atoms with Crippen LogP contribution in [-0.4, -0.2) is 36.1 Å². The predicted molar refractivity (Wildman–Crippen MR) is 90.7 cm³/mol. The van der Waals surface area contributed by atoms with Crippen molar-refractivity contribution in [3.63, 3.8) is 0 Å². The second kappa shape index (κ2) is 7.25.